The largest absolute Gasteiger partial charge is 0.748 e. The van der Waals surface area contributed by atoms with Crippen molar-refractivity contribution < 1.29 is 17.5 Å². The summed E-state index contributed by atoms with van der Waals surface area (Å²) in [6.07, 6.45) is 9.18. The molecule has 0 aliphatic carbocycles. The molecule has 1 rings (SSSR count). The number of nitrogens with zero attached hydrogens (tertiary/aromatic N) is 1. The molecule has 1 fully saturated rings. The second-order valence-electron chi connectivity index (χ2n) is 5.35. The van der Waals surface area contributed by atoms with Crippen LogP contribution in [0.25, 0.3) is 0 Å². The second-order valence-corrected chi connectivity index (χ2v) is 6.76. The van der Waals surface area contributed by atoms with Crippen LogP contribution in [0.2, 0.25) is 0 Å². The van der Waals surface area contributed by atoms with Gasteiger partial charge in [0, 0.05) is 19.1 Å². The summed E-state index contributed by atoms with van der Waals surface area (Å²) in [6.45, 7) is 10.5. The van der Waals surface area contributed by atoms with Crippen molar-refractivity contribution in [2.45, 2.75) is 52.4 Å². The zero-order valence-corrected chi connectivity index (χ0v) is 13.0. The van der Waals surface area contributed by atoms with Crippen LogP contribution in [-0.2, 0) is 10.1 Å². The van der Waals surface area contributed by atoms with Crippen molar-refractivity contribution in [3.63, 3.8) is 0 Å². The van der Waals surface area contributed by atoms with Crippen molar-refractivity contribution in [1.29, 1.82) is 0 Å². The molecule has 1 aliphatic heterocycles. The van der Waals surface area contributed by atoms with Gasteiger partial charge in [-0.1, -0.05) is 20.3 Å². The van der Waals surface area contributed by atoms with Crippen LogP contribution in [0.15, 0.2) is 0 Å². The van der Waals surface area contributed by atoms with E-state index in [9.17, 15) is 0 Å². The maximum absolute atomic E-state index is 9.08. The van der Waals surface area contributed by atoms with Crippen LogP contribution in [0.1, 0.15) is 52.4 Å². The molecular weight excluding hydrogens is 250 g/mol. The molecule has 0 saturated carbocycles. The van der Waals surface area contributed by atoms with Gasteiger partial charge in [0.1, 0.15) is 0 Å². The summed E-state index contributed by atoms with van der Waals surface area (Å²) in [5.41, 5.74) is 0. The molecule has 0 bridgehead atoms. The molecule has 0 aromatic rings. The summed E-state index contributed by atoms with van der Waals surface area (Å²) < 4.78 is 28.7. The number of hydrogen-bond acceptors (Lipinski definition) is 3. The fraction of sp³-hybridized carbons (Fsp3) is 1.00. The second kappa shape index (κ2) is 8.88. The molecule has 5 heteroatoms. The van der Waals surface area contributed by atoms with Gasteiger partial charge in [0.05, 0.1) is 36.3 Å². The Balaban J connectivity index is 0.000000494. The lowest BCUT2D eigenvalue weighted by Crippen LogP contribution is -2.46. The molecule has 0 N–H and O–H groups in total. The molecule has 0 radical (unpaired) electrons. The first-order chi connectivity index (χ1) is 8.33. The molecule has 0 amide bonds. The van der Waals surface area contributed by atoms with Gasteiger partial charge in [-0.3, -0.25) is 0 Å². The highest BCUT2D eigenvalue weighted by Gasteiger charge is 2.29. The van der Waals surface area contributed by atoms with Crippen molar-refractivity contribution in [2.24, 2.45) is 0 Å². The van der Waals surface area contributed by atoms with E-state index >= 15 is 0 Å². The molecule has 18 heavy (non-hydrogen) atoms. The normalized spacial score (nSPS) is 18.2. The minimum atomic E-state index is -3.92. The summed E-state index contributed by atoms with van der Waals surface area (Å²) in [7, 11) is -3.92. The number of quaternary nitrogens is 1. The maximum Gasteiger partial charge on any atom is 0.0916 e. The summed E-state index contributed by atoms with van der Waals surface area (Å²) >= 11 is 0. The molecule has 1 heterocycles. The summed E-state index contributed by atoms with van der Waals surface area (Å²) in [5, 5.41) is 0. The van der Waals surface area contributed by atoms with Crippen molar-refractivity contribution in [2.75, 3.05) is 32.4 Å². The van der Waals surface area contributed by atoms with Crippen LogP contribution in [-0.4, -0.2) is 49.9 Å². The lowest BCUT2D eigenvalue weighted by atomic mass is 10.2. The number of rotatable bonds is 6. The predicted molar refractivity (Wildman–Crippen MR) is 74.4 cm³/mol. The quantitative estimate of drug-likeness (QED) is 0.426. The molecule has 110 valence electrons. The van der Waals surface area contributed by atoms with Gasteiger partial charge in [-0.05, 0) is 19.3 Å². The standard InChI is InChI=1S/C12H26N.CH4O3S/c1-3-5-6-10-13(9-4-2)11-7-8-12-13;1-5(2,3)4/h3-12H2,1-2H3;1H3,(H,2,3,4)/q+1;/p-1. The van der Waals surface area contributed by atoms with E-state index in [-0.39, 0.29) is 0 Å². The Labute approximate surface area is 113 Å². The Hall–Kier alpha value is -0.130. The van der Waals surface area contributed by atoms with Crippen LogP contribution in [0.4, 0.5) is 0 Å². The van der Waals surface area contributed by atoms with Crippen LogP contribution < -0.4 is 0 Å². The topological polar surface area (TPSA) is 57.2 Å². The van der Waals surface area contributed by atoms with Crippen molar-refractivity contribution in [3.05, 3.63) is 0 Å². The third kappa shape index (κ3) is 9.85. The van der Waals surface area contributed by atoms with E-state index in [1.165, 1.54) is 69.2 Å². The fourth-order valence-electron chi connectivity index (χ4n) is 2.74. The Kier molecular flexibility index (Phi) is 8.82. The van der Waals surface area contributed by atoms with Gasteiger partial charge in [-0.2, -0.15) is 0 Å². The van der Waals surface area contributed by atoms with Gasteiger partial charge in [0.2, 0.25) is 0 Å². The Morgan fingerprint density at radius 1 is 1.00 bits per heavy atom. The van der Waals surface area contributed by atoms with Gasteiger partial charge in [0.25, 0.3) is 0 Å². The molecular formula is C13H29NO3S. The molecule has 1 aliphatic rings. The average molecular weight is 279 g/mol. The molecule has 0 aromatic heterocycles. The molecule has 4 nitrogen and oxygen atoms in total. The zero-order chi connectivity index (χ0) is 14.1. The summed E-state index contributed by atoms with van der Waals surface area (Å²) in [6, 6.07) is 0. The zero-order valence-electron chi connectivity index (χ0n) is 12.2. The molecule has 0 aromatic carbocycles. The maximum atomic E-state index is 9.08. The van der Waals surface area contributed by atoms with Crippen molar-refractivity contribution in [1.82, 2.24) is 0 Å². The van der Waals surface area contributed by atoms with E-state index in [1.807, 2.05) is 0 Å². The van der Waals surface area contributed by atoms with E-state index in [2.05, 4.69) is 13.8 Å². The smallest absolute Gasteiger partial charge is 0.0916 e. The third-order valence-corrected chi connectivity index (χ3v) is 3.45. The van der Waals surface area contributed by atoms with Crippen molar-refractivity contribution >= 4 is 10.1 Å². The predicted octanol–water partition coefficient (Wildman–Crippen LogP) is 2.36. The highest BCUT2D eigenvalue weighted by atomic mass is 32.2. The number of hydrogen-bond donors (Lipinski definition) is 0. The molecule has 0 atom stereocenters. The SMILES string of the molecule is CCCCC[N+]1(CCC)CCCC1.CS(=O)(=O)[O-]. The van der Waals surface area contributed by atoms with Gasteiger partial charge in [0.15, 0.2) is 0 Å². The van der Waals surface area contributed by atoms with Gasteiger partial charge < -0.3 is 9.04 Å². The third-order valence-electron chi connectivity index (χ3n) is 3.45. The average Bonchev–Trinajstić information content (AvgIpc) is 2.65. The minimum absolute atomic E-state index is 0.604. The molecule has 0 unspecified atom stereocenters. The lowest BCUT2D eigenvalue weighted by Gasteiger charge is -2.34. The summed E-state index contributed by atoms with van der Waals surface area (Å²) in [4.78, 5) is 0. The van der Waals surface area contributed by atoms with Crippen molar-refractivity contribution in [3.8, 4) is 0 Å². The van der Waals surface area contributed by atoms with E-state index in [1.54, 1.807) is 0 Å². The fourth-order valence-corrected chi connectivity index (χ4v) is 2.74. The first-order valence-corrected chi connectivity index (χ1v) is 8.90. The van der Waals surface area contributed by atoms with Crippen LogP contribution in [0.5, 0.6) is 0 Å². The lowest BCUT2D eigenvalue weighted by molar-refractivity contribution is -0.917. The van der Waals surface area contributed by atoms with E-state index in [0.717, 1.165) is 0 Å². The van der Waals surface area contributed by atoms with Crippen LogP contribution in [0.3, 0.4) is 0 Å². The van der Waals surface area contributed by atoms with Gasteiger partial charge in [-0.15, -0.1) is 0 Å². The number of unbranched alkanes of at least 4 members (excludes halogenated alkanes) is 2. The highest BCUT2D eigenvalue weighted by Crippen LogP contribution is 2.21. The Bertz CT molecular complexity index is 287. The monoisotopic (exact) mass is 279 g/mol. The molecule has 0 spiro atoms. The van der Waals surface area contributed by atoms with Gasteiger partial charge in [-0.25, -0.2) is 8.42 Å². The van der Waals surface area contributed by atoms with Crippen LogP contribution in [0, 0.1) is 0 Å². The Morgan fingerprint density at radius 2 is 1.50 bits per heavy atom. The molecule has 1 saturated heterocycles. The van der Waals surface area contributed by atoms with E-state index < -0.39 is 10.1 Å². The minimum Gasteiger partial charge on any atom is -0.748 e. The first-order valence-electron chi connectivity index (χ1n) is 7.09. The van der Waals surface area contributed by atoms with Gasteiger partial charge >= 0.3 is 0 Å². The van der Waals surface area contributed by atoms with Crippen LogP contribution >= 0.6 is 0 Å². The van der Waals surface area contributed by atoms with E-state index in [0.29, 0.717) is 6.26 Å². The number of likely N-dealkylation sites (tertiary alicyclic amines) is 1. The highest BCUT2D eigenvalue weighted by molar-refractivity contribution is 7.84. The van der Waals surface area contributed by atoms with E-state index in [4.69, 9.17) is 13.0 Å². The Morgan fingerprint density at radius 3 is 1.89 bits per heavy atom. The first kappa shape index (κ1) is 17.9. The summed E-state index contributed by atoms with van der Waals surface area (Å²) in [5.74, 6) is 0.